The number of carboxylic acid groups (broad SMARTS) is 1. The Morgan fingerprint density at radius 3 is 2.23 bits per heavy atom. The Bertz CT molecular complexity index is 1040. The topological polar surface area (TPSA) is 105 Å². The van der Waals surface area contributed by atoms with E-state index in [4.69, 9.17) is 4.74 Å². The number of amides is 2. The van der Waals surface area contributed by atoms with E-state index in [0.29, 0.717) is 13.0 Å². The van der Waals surface area contributed by atoms with Crippen molar-refractivity contribution < 1.29 is 24.2 Å². The largest absolute Gasteiger partial charge is 0.481 e. The number of alkyl carbamates (subject to hydrolysis) is 1. The maximum absolute atomic E-state index is 12.7. The van der Waals surface area contributed by atoms with Crippen LogP contribution in [0.5, 0.6) is 0 Å². The quantitative estimate of drug-likeness (QED) is 0.490. The summed E-state index contributed by atoms with van der Waals surface area (Å²) in [6.07, 6.45) is 1.92. The normalized spacial score (nSPS) is 19.6. The van der Waals surface area contributed by atoms with Crippen LogP contribution in [0.4, 0.5) is 4.79 Å². The maximum Gasteiger partial charge on any atom is 0.407 e. The van der Waals surface area contributed by atoms with Gasteiger partial charge in [0.15, 0.2) is 0 Å². The van der Waals surface area contributed by atoms with Crippen molar-refractivity contribution >= 4 is 18.0 Å². The average Bonchev–Trinajstić information content (AvgIpc) is 3.44. The fourth-order valence-corrected chi connectivity index (χ4v) is 5.37. The lowest BCUT2D eigenvalue weighted by Crippen LogP contribution is -2.43. The third-order valence-electron chi connectivity index (χ3n) is 7.39. The Labute approximate surface area is 206 Å². The third-order valence-corrected chi connectivity index (χ3v) is 7.39. The summed E-state index contributed by atoms with van der Waals surface area (Å²) in [6, 6.07) is 16.0. The number of carbonyl (C=O) groups excluding carboxylic acids is 2. The molecule has 3 atom stereocenters. The lowest BCUT2D eigenvalue weighted by molar-refractivity contribution is -0.143. The van der Waals surface area contributed by atoms with Gasteiger partial charge in [-0.25, -0.2) is 4.79 Å². The van der Waals surface area contributed by atoms with Crippen LogP contribution in [-0.4, -0.2) is 42.3 Å². The van der Waals surface area contributed by atoms with Crippen LogP contribution in [0, 0.1) is 17.8 Å². The van der Waals surface area contributed by atoms with Crippen molar-refractivity contribution in [3.05, 3.63) is 59.7 Å². The monoisotopic (exact) mass is 478 g/mol. The van der Waals surface area contributed by atoms with Crippen molar-refractivity contribution in [1.82, 2.24) is 10.6 Å². The molecule has 2 aromatic rings. The number of carbonyl (C=O) groups is 3. The Morgan fingerprint density at radius 1 is 1.00 bits per heavy atom. The molecule has 0 aromatic heterocycles. The second-order valence-corrected chi connectivity index (χ2v) is 9.96. The molecule has 0 heterocycles. The number of ether oxygens (including phenoxy) is 1. The SMILES string of the molecule is CC(C)C(CC(=O)NC[C@@H]1CCC[C@@H]1C(=O)O)NC(=O)OCC1c2ccccc2-c2ccccc21. The molecule has 4 rings (SSSR count). The first kappa shape index (κ1) is 24.8. The molecule has 2 aliphatic rings. The van der Waals surface area contributed by atoms with Crippen molar-refractivity contribution in [2.45, 2.75) is 51.5 Å². The van der Waals surface area contributed by atoms with Crippen LogP contribution in [-0.2, 0) is 14.3 Å². The minimum absolute atomic E-state index is 0.0254. The van der Waals surface area contributed by atoms with Gasteiger partial charge < -0.3 is 20.5 Å². The summed E-state index contributed by atoms with van der Waals surface area (Å²) in [4.78, 5) is 36.6. The molecule has 1 unspecified atom stereocenters. The van der Waals surface area contributed by atoms with Gasteiger partial charge in [-0.1, -0.05) is 68.8 Å². The molecule has 2 aliphatic carbocycles. The highest BCUT2D eigenvalue weighted by Crippen LogP contribution is 2.44. The van der Waals surface area contributed by atoms with E-state index in [2.05, 4.69) is 34.9 Å². The number of aliphatic carboxylic acids is 1. The smallest absolute Gasteiger partial charge is 0.407 e. The summed E-state index contributed by atoms with van der Waals surface area (Å²) in [5.41, 5.74) is 4.63. The van der Waals surface area contributed by atoms with Gasteiger partial charge in [0.25, 0.3) is 0 Å². The molecule has 0 spiro atoms. The number of nitrogens with one attached hydrogen (secondary N) is 2. The molecule has 0 radical (unpaired) electrons. The van der Waals surface area contributed by atoms with E-state index in [1.54, 1.807) is 0 Å². The van der Waals surface area contributed by atoms with Crippen LogP contribution >= 0.6 is 0 Å². The molecular weight excluding hydrogens is 444 g/mol. The molecule has 7 nitrogen and oxygen atoms in total. The number of carboxylic acids is 1. The van der Waals surface area contributed by atoms with E-state index in [9.17, 15) is 19.5 Å². The Balaban J connectivity index is 1.30. The van der Waals surface area contributed by atoms with Crippen molar-refractivity contribution in [2.75, 3.05) is 13.2 Å². The zero-order valence-electron chi connectivity index (χ0n) is 20.3. The van der Waals surface area contributed by atoms with E-state index < -0.39 is 18.0 Å². The molecule has 1 saturated carbocycles. The molecule has 0 aliphatic heterocycles. The molecule has 2 amide bonds. The minimum atomic E-state index is -0.793. The molecule has 7 heteroatoms. The third kappa shape index (κ3) is 5.66. The van der Waals surface area contributed by atoms with E-state index in [1.807, 2.05) is 38.1 Å². The van der Waals surface area contributed by atoms with Crippen molar-refractivity contribution in [3.63, 3.8) is 0 Å². The van der Waals surface area contributed by atoms with Crippen LogP contribution in [0.25, 0.3) is 11.1 Å². The van der Waals surface area contributed by atoms with Gasteiger partial charge in [0.05, 0.1) is 5.92 Å². The summed E-state index contributed by atoms with van der Waals surface area (Å²) >= 11 is 0. The minimum Gasteiger partial charge on any atom is -0.481 e. The van der Waals surface area contributed by atoms with E-state index in [1.165, 1.54) is 11.1 Å². The van der Waals surface area contributed by atoms with Gasteiger partial charge in [0.2, 0.25) is 5.91 Å². The summed E-state index contributed by atoms with van der Waals surface area (Å²) in [5.74, 6) is -1.42. The highest BCUT2D eigenvalue weighted by atomic mass is 16.5. The summed E-state index contributed by atoms with van der Waals surface area (Å²) in [6.45, 7) is 4.46. The van der Waals surface area contributed by atoms with Gasteiger partial charge >= 0.3 is 12.1 Å². The number of rotatable bonds is 9. The molecule has 3 N–H and O–H groups in total. The zero-order chi connectivity index (χ0) is 24.9. The number of hydrogen-bond acceptors (Lipinski definition) is 4. The molecule has 35 heavy (non-hydrogen) atoms. The highest BCUT2D eigenvalue weighted by molar-refractivity contribution is 5.80. The molecule has 1 fully saturated rings. The molecular formula is C28H34N2O5. The molecule has 0 bridgehead atoms. The van der Waals surface area contributed by atoms with Gasteiger partial charge in [-0.05, 0) is 46.9 Å². The summed E-state index contributed by atoms with van der Waals surface area (Å²) in [5, 5.41) is 15.1. The zero-order valence-corrected chi connectivity index (χ0v) is 20.3. The Morgan fingerprint density at radius 2 is 1.63 bits per heavy atom. The van der Waals surface area contributed by atoms with Crippen molar-refractivity contribution in [2.24, 2.45) is 17.8 Å². The van der Waals surface area contributed by atoms with E-state index >= 15 is 0 Å². The van der Waals surface area contributed by atoms with Crippen molar-refractivity contribution in [3.8, 4) is 11.1 Å². The maximum atomic E-state index is 12.7. The average molecular weight is 479 g/mol. The number of benzene rings is 2. The second kappa shape index (κ2) is 10.9. The van der Waals surface area contributed by atoms with Crippen LogP contribution in [0.2, 0.25) is 0 Å². The van der Waals surface area contributed by atoms with Crippen LogP contribution in [0.1, 0.15) is 56.6 Å². The predicted octanol–water partition coefficient (Wildman–Crippen LogP) is 4.56. The standard InChI is InChI=1S/C28H34N2O5/c1-17(2)25(14-26(31)29-15-18-8-7-13-19(18)27(32)33)30-28(34)35-16-24-22-11-5-3-9-20(22)21-10-4-6-12-23(21)24/h3-6,9-12,17-19,24-25H,7-8,13-16H2,1-2H3,(H,29,31)(H,30,34)(H,32,33)/t18-,19-,25?/m0/s1. The van der Waals surface area contributed by atoms with Gasteiger partial charge in [0.1, 0.15) is 6.61 Å². The predicted molar refractivity (Wildman–Crippen MR) is 133 cm³/mol. The van der Waals surface area contributed by atoms with E-state index in [-0.39, 0.29) is 42.7 Å². The second-order valence-electron chi connectivity index (χ2n) is 9.96. The first-order valence-corrected chi connectivity index (χ1v) is 12.5. The van der Waals surface area contributed by atoms with Gasteiger partial charge in [-0.15, -0.1) is 0 Å². The van der Waals surface area contributed by atoms with Crippen LogP contribution in [0.3, 0.4) is 0 Å². The van der Waals surface area contributed by atoms with Gasteiger partial charge in [-0.3, -0.25) is 9.59 Å². The van der Waals surface area contributed by atoms with Gasteiger partial charge in [0, 0.05) is 24.9 Å². The van der Waals surface area contributed by atoms with E-state index in [0.717, 1.165) is 24.0 Å². The molecule has 186 valence electrons. The Hall–Kier alpha value is -3.35. The number of fused-ring (bicyclic) bond motifs is 3. The lowest BCUT2D eigenvalue weighted by Gasteiger charge is -2.23. The van der Waals surface area contributed by atoms with Crippen LogP contribution in [0.15, 0.2) is 48.5 Å². The number of hydrogen-bond donors (Lipinski definition) is 3. The highest BCUT2D eigenvalue weighted by Gasteiger charge is 2.33. The fourth-order valence-electron chi connectivity index (χ4n) is 5.37. The molecule has 2 aromatic carbocycles. The van der Waals surface area contributed by atoms with Gasteiger partial charge in [-0.2, -0.15) is 0 Å². The summed E-state index contributed by atoms with van der Waals surface area (Å²) in [7, 11) is 0. The summed E-state index contributed by atoms with van der Waals surface area (Å²) < 4.78 is 5.64. The fraction of sp³-hybridized carbons (Fsp3) is 0.464. The van der Waals surface area contributed by atoms with Crippen molar-refractivity contribution in [1.29, 1.82) is 0 Å². The van der Waals surface area contributed by atoms with Crippen LogP contribution < -0.4 is 10.6 Å². The first-order valence-electron chi connectivity index (χ1n) is 12.5. The molecule has 0 saturated heterocycles. The first-order chi connectivity index (χ1) is 16.8. The lowest BCUT2D eigenvalue weighted by atomic mass is 9.96. The Kier molecular flexibility index (Phi) is 7.73.